The maximum absolute atomic E-state index is 11.8. The van der Waals surface area contributed by atoms with E-state index in [0.717, 1.165) is 32.4 Å². The molecule has 0 bridgehead atoms. The molecule has 0 atom stereocenters. The molecule has 0 saturated carbocycles. The van der Waals surface area contributed by atoms with Crippen LogP contribution in [0.2, 0.25) is 0 Å². The highest BCUT2D eigenvalue weighted by molar-refractivity contribution is 5.71. The van der Waals surface area contributed by atoms with E-state index in [4.69, 9.17) is 18.9 Å². The average Bonchev–Trinajstić information content (AvgIpc) is 2.47. The summed E-state index contributed by atoms with van der Waals surface area (Å²) in [4.78, 5) is 11.8. The van der Waals surface area contributed by atoms with Crippen LogP contribution in [0.4, 0.5) is 0 Å². The maximum Gasteiger partial charge on any atom is 0.332 e. The molecule has 0 aromatic carbocycles. The van der Waals surface area contributed by atoms with Gasteiger partial charge < -0.3 is 24.3 Å². The fraction of sp³-hybridized carbons (Fsp3) is 0.933. The zero-order valence-electron chi connectivity index (χ0n) is 13.6. The number of carbonyl (C=O) groups is 1. The van der Waals surface area contributed by atoms with Crippen molar-refractivity contribution in [3.63, 3.8) is 0 Å². The second kappa shape index (κ2) is 10.1. The van der Waals surface area contributed by atoms with Gasteiger partial charge in [-0.15, -0.1) is 0 Å². The van der Waals surface area contributed by atoms with Crippen molar-refractivity contribution >= 4 is 5.97 Å². The molecule has 0 aromatic heterocycles. The number of esters is 1. The highest BCUT2D eigenvalue weighted by Gasteiger charge is 2.35. The maximum atomic E-state index is 11.8. The Morgan fingerprint density at radius 3 is 2.57 bits per heavy atom. The number of hydrogen-bond donors (Lipinski definition) is 1. The summed E-state index contributed by atoms with van der Waals surface area (Å²) in [5.74, 6) is 0.104. The van der Waals surface area contributed by atoms with Gasteiger partial charge in [-0.1, -0.05) is 0 Å². The summed E-state index contributed by atoms with van der Waals surface area (Å²) < 4.78 is 20.9. The zero-order chi connectivity index (χ0) is 15.6. The summed E-state index contributed by atoms with van der Waals surface area (Å²) in [6.45, 7) is 7.46. The molecule has 1 aliphatic rings. The van der Waals surface area contributed by atoms with E-state index < -0.39 is 5.60 Å². The quantitative estimate of drug-likeness (QED) is 0.357. The lowest BCUT2D eigenvalue weighted by Gasteiger charge is -2.35. The van der Waals surface area contributed by atoms with Gasteiger partial charge in [0.1, 0.15) is 19.0 Å². The first kappa shape index (κ1) is 18.4. The monoisotopic (exact) mass is 304 g/mol. The third kappa shape index (κ3) is 7.76. The van der Waals surface area contributed by atoms with Crippen molar-refractivity contribution < 1.29 is 29.1 Å². The molecular formula is C15H30NO5+. The number of piperidine rings is 1. The fourth-order valence-corrected chi connectivity index (χ4v) is 2.58. The molecule has 1 saturated heterocycles. The van der Waals surface area contributed by atoms with E-state index in [2.05, 4.69) is 5.32 Å². The van der Waals surface area contributed by atoms with Crippen LogP contribution >= 0.6 is 0 Å². The van der Waals surface area contributed by atoms with Crippen LogP contribution in [-0.2, 0) is 23.7 Å². The van der Waals surface area contributed by atoms with Gasteiger partial charge in [-0.3, -0.25) is 0 Å². The number of ether oxygens (including phenoxy) is 4. The van der Waals surface area contributed by atoms with Crippen molar-refractivity contribution in [1.29, 1.82) is 0 Å². The molecule has 1 heterocycles. The van der Waals surface area contributed by atoms with Crippen LogP contribution < -0.4 is 5.32 Å². The summed E-state index contributed by atoms with van der Waals surface area (Å²) in [6.07, 6.45) is 2.99. The Morgan fingerprint density at radius 1 is 1.19 bits per heavy atom. The average molecular weight is 304 g/mol. The van der Waals surface area contributed by atoms with E-state index in [-0.39, 0.29) is 19.4 Å². The predicted molar refractivity (Wildman–Crippen MR) is 77.8 cm³/mol. The second-order valence-corrected chi connectivity index (χ2v) is 5.94. The molecule has 0 radical (unpaired) electrons. The molecule has 6 heteroatoms. The molecule has 0 amide bonds. The lowest BCUT2D eigenvalue weighted by molar-refractivity contribution is -0.665. The molecule has 0 aliphatic carbocycles. The Kier molecular flexibility index (Phi) is 8.84. The van der Waals surface area contributed by atoms with Crippen LogP contribution in [0.15, 0.2) is 0 Å². The fourth-order valence-electron chi connectivity index (χ4n) is 2.58. The summed E-state index contributed by atoms with van der Waals surface area (Å²) in [5, 5.41) is 2.30. The normalized spacial score (nSPS) is 16.9. The van der Waals surface area contributed by atoms with Gasteiger partial charge in [0.25, 0.3) is 0 Å². The Morgan fingerprint density at radius 2 is 1.90 bits per heavy atom. The molecule has 124 valence electrons. The van der Waals surface area contributed by atoms with E-state index in [1.807, 2.05) is 13.8 Å². The summed E-state index contributed by atoms with van der Waals surface area (Å²) in [5.41, 5.74) is -0.423. The minimum Gasteiger partial charge on any atom is -0.458 e. The lowest BCUT2D eigenvalue weighted by Crippen LogP contribution is -2.86. The zero-order valence-corrected chi connectivity index (χ0v) is 13.6. The van der Waals surface area contributed by atoms with Crippen LogP contribution in [0.25, 0.3) is 0 Å². The number of rotatable bonds is 10. The minimum atomic E-state index is -0.423. The lowest BCUT2D eigenvalue weighted by atomic mass is 9.83. The smallest absolute Gasteiger partial charge is 0.332 e. The minimum absolute atomic E-state index is 0.0629. The highest BCUT2D eigenvalue weighted by atomic mass is 16.7. The largest absolute Gasteiger partial charge is 0.458 e. The van der Waals surface area contributed by atoms with Gasteiger partial charge in [0.2, 0.25) is 0 Å². The van der Waals surface area contributed by atoms with E-state index in [1.165, 1.54) is 0 Å². The summed E-state index contributed by atoms with van der Waals surface area (Å²) >= 11 is 0. The first-order valence-corrected chi connectivity index (χ1v) is 7.74. The van der Waals surface area contributed by atoms with Gasteiger partial charge in [-0.25, -0.2) is 4.79 Å². The number of quaternary nitrogens is 1. The van der Waals surface area contributed by atoms with Gasteiger partial charge in [0.15, 0.2) is 0 Å². The SMILES string of the molecule is COCCCOCOCC(=O)OC(C)(C)C1CC[NH2+]CC1. The third-order valence-corrected chi connectivity index (χ3v) is 3.82. The van der Waals surface area contributed by atoms with Crippen LogP contribution in [0.5, 0.6) is 0 Å². The van der Waals surface area contributed by atoms with Crippen molar-refractivity contribution in [3.8, 4) is 0 Å². The number of methoxy groups -OCH3 is 1. The van der Waals surface area contributed by atoms with Gasteiger partial charge in [0, 0.05) is 32.5 Å². The standard InChI is InChI=1S/C15H29NO5/c1-15(2,13-5-7-16-8-6-13)21-14(17)11-20-12-19-10-4-9-18-3/h13,16H,4-12H2,1-3H3/p+1. The van der Waals surface area contributed by atoms with Gasteiger partial charge in [-0.2, -0.15) is 0 Å². The highest BCUT2D eigenvalue weighted by Crippen LogP contribution is 2.27. The number of carbonyl (C=O) groups excluding carboxylic acids is 1. The van der Waals surface area contributed by atoms with Crippen LogP contribution in [-0.4, -0.2) is 58.4 Å². The molecule has 2 N–H and O–H groups in total. The molecule has 1 rings (SSSR count). The topological polar surface area (TPSA) is 70.6 Å². The van der Waals surface area contributed by atoms with Gasteiger partial charge in [-0.05, 0) is 20.3 Å². The van der Waals surface area contributed by atoms with E-state index in [1.54, 1.807) is 7.11 Å². The van der Waals surface area contributed by atoms with Crippen molar-refractivity contribution in [2.24, 2.45) is 5.92 Å². The molecule has 0 spiro atoms. The summed E-state index contributed by atoms with van der Waals surface area (Å²) in [7, 11) is 1.65. The Labute approximate surface area is 127 Å². The van der Waals surface area contributed by atoms with Crippen LogP contribution in [0, 0.1) is 5.92 Å². The molecule has 0 aromatic rings. The van der Waals surface area contributed by atoms with Crippen molar-refractivity contribution in [2.45, 2.75) is 38.7 Å². The Balaban J connectivity index is 2.11. The first-order chi connectivity index (χ1) is 10.1. The molecule has 6 nitrogen and oxygen atoms in total. The van der Waals surface area contributed by atoms with Gasteiger partial charge in [0.05, 0.1) is 19.7 Å². The molecule has 0 unspecified atom stereocenters. The molecule has 1 fully saturated rings. The second-order valence-electron chi connectivity index (χ2n) is 5.94. The predicted octanol–water partition coefficient (Wildman–Crippen LogP) is 0.309. The van der Waals surface area contributed by atoms with Crippen molar-refractivity contribution in [2.75, 3.05) is 46.8 Å². The van der Waals surface area contributed by atoms with Crippen LogP contribution in [0.1, 0.15) is 33.1 Å². The Hall–Kier alpha value is -0.690. The third-order valence-electron chi connectivity index (χ3n) is 3.82. The number of nitrogens with two attached hydrogens (primary N) is 1. The van der Waals surface area contributed by atoms with Crippen LogP contribution in [0.3, 0.4) is 0 Å². The molecule has 21 heavy (non-hydrogen) atoms. The first-order valence-electron chi connectivity index (χ1n) is 7.74. The van der Waals surface area contributed by atoms with E-state index in [9.17, 15) is 4.79 Å². The van der Waals surface area contributed by atoms with E-state index in [0.29, 0.717) is 19.1 Å². The van der Waals surface area contributed by atoms with E-state index >= 15 is 0 Å². The number of hydrogen-bond acceptors (Lipinski definition) is 5. The Bertz CT molecular complexity index is 290. The van der Waals surface area contributed by atoms with Crippen molar-refractivity contribution in [3.05, 3.63) is 0 Å². The molecular weight excluding hydrogens is 274 g/mol. The van der Waals surface area contributed by atoms with Crippen molar-refractivity contribution in [1.82, 2.24) is 0 Å². The summed E-state index contributed by atoms with van der Waals surface area (Å²) in [6, 6.07) is 0. The van der Waals surface area contributed by atoms with Gasteiger partial charge >= 0.3 is 5.97 Å². The molecule has 1 aliphatic heterocycles.